The Morgan fingerprint density at radius 3 is 2.32 bits per heavy atom. The number of nitrogens with one attached hydrogen (secondary N) is 1. The van der Waals surface area contributed by atoms with Crippen LogP contribution < -0.4 is 15.1 Å². The van der Waals surface area contributed by atoms with Crippen molar-refractivity contribution >= 4 is 17.3 Å². The van der Waals surface area contributed by atoms with E-state index in [1.165, 1.54) is 18.2 Å². The molecule has 0 aromatic heterocycles. The van der Waals surface area contributed by atoms with E-state index in [1.807, 2.05) is 0 Å². The molecule has 0 spiro atoms. The maximum atomic E-state index is 14.0. The van der Waals surface area contributed by atoms with Gasteiger partial charge in [0.05, 0.1) is 5.69 Å². The molecule has 2 aromatic rings. The van der Waals surface area contributed by atoms with Crippen LogP contribution in [0.3, 0.4) is 0 Å². The van der Waals surface area contributed by atoms with Gasteiger partial charge in [-0.25, -0.2) is 8.78 Å². The van der Waals surface area contributed by atoms with Crippen molar-refractivity contribution in [2.75, 3.05) is 63.2 Å². The average Bonchev–Trinajstić information content (AvgIpc) is 2.68. The maximum Gasteiger partial charge on any atom is 0.251 e. The summed E-state index contributed by atoms with van der Waals surface area (Å²) in [5, 5.41) is 2.86. The van der Waals surface area contributed by atoms with Crippen LogP contribution in [0, 0.1) is 11.6 Å². The lowest BCUT2D eigenvalue weighted by molar-refractivity contribution is 0.0947. The zero-order valence-electron chi connectivity index (χ0n) is 16.3. The van der Waals surface area contributed by atoms with E-state index >= 15 is 0 Å². The second kappa shape index (κ2) is 9.01. The van der Waals surface area contributed by atoms with E-state index < -0.39 is 5.82 Å². The SMILES string of the molecule is CN(C)c1ccc(C(=O)NCCN2CCN(c3ccc(F)cc3)CC2)cc1F. The van der Waals surface area contributed by atoms with Crippen molar-refractivity contribution in [3.63, 3.8) is 0 Å². The summed E-state index contributed by atoms with van der Waals surface area (Å²) in [6.45, 7) is 4.71. The molecule has 1 heterocycles. The highest BCUT2D eigenvalue weighted by Gasteiger charge is 2.17. The lowest BCUT2D eigenvalue weighted by Gasteiger charge is -2.36. The summed E-state index contributed by atoms with van der Waals surface area (Å²) < 4.78 is 27.1. The Morgan fingerprint density at radius 1 is 1.04 bits per heavy atom. The van der Waals surface area contributed by atoms with Crippen molar-refractivity contribution < 1.29 is 13.6 Å². The first kappa shape index (κ1) is 20.1. The molecule has 1 N–H and O–H groups in total. The number of rotatable bonds is 6. The van der Waals surface area contributed by atoms with Crippen molar-refractivity contribution in [2.24, 2.45) is 0 Å². The van der Waals surface area contributed by atoms with Crippen LogP contribution in [0.15, 0.2) is 42.5 Å². The zero-order chi connectivity index (χ0) is 20.1. The first-order valence-corrected chi connectivity index (χ1v) is 9.42. The summed E-state index contributed by atoms with van der Waals surface area (Å²) in [6, 6.07) is 11.1. The molecule has 150 valence electrons. The fraction of sp³-hybridized carbons (Fsp3) is 0.381. The van der Waals surface area contributed by atoms with Crippen molar-refractivity contribution in [3.05, 3.63) is 59.7 Å². The normalized spacial score (nSPS) is 14.8. The lowest BCUT2D eigenvalue weighted by Crippen LogP contribution is -2.48. The Morgan fingerprint density at radius 2 is 1.71 bits per heavy atom. The molecule has 7 heteroatoms. The molecule has 3 rings (SSSR count). The monoisotopic (exact) mass is 388 g/mol. The van der Waals surface area contributed by atoms with Gasteiger partial charge in [0.2, 0.25) is 0 Å². The van der Waals surface area contributed by atoms with E-state index in [9.17, 15) is 13.6 Å². The Balaban J connectivity index is 1.43. The predicted octanol–water partition coefficient (Wildman–Crippen LogP) is 2.58. The molecule has 0 saturated carbocycles. The minimum absolute atomic E-state index is 0.227. The molecule has 2 aromatic carbocycles. The standard InChI is InChI=1S/C21H26F2N4O/c1-25(2)20-8-3-16(15-19(20)23)21(28)24-9-10-26-11-13-27(14-12-26)18-6-4-17(22)5-7-18/h3-8,15H,9-14H2,1-2H3,(H,24,28). The molecule has 1 aliphatic heterocycles. The summed E-state index contributed by atoms with van der Waals surface area (Å²) in [6.07, 6.45) is 0. The van der Waals surface area contributed by atoms with Crippen LogP contribution in [-0.4, -0.2) is 64.2 Å². The number of carbonyl (C=O) groups is 1. The Hall–Kier alpha value is -2.67. The van der Waals surface area contributed by atoms with Gasteiger partial charge in [0, 0.05) is 64.6 Å². The number of anilines is 2. The van der Waals surface area contributed by atoms with Gasteiger partial charge < -0.3 is 15.1 Å². The number of hydrogen-bond donors (Lipinski definition) is 1. The second-order valence-electron chi connectivity index (χ2n) is 7.12. The minimum atomic E-state index is -0.408. The molecule has 0 bridgehead atoms. The molecule has 0 atom stereocenters. The summed E-state index contributed by atoms with van der Waals surface area (Å²) >= 11 is 0. The number of piperazine rings is 1. The Bertz CT molecular complexity index is 803. The molecule has 1 saturated heterocycles. The highest BCUT2D eigenvalue weighted by Crippen LogP contribution is 2.18. The highest BCUT2D eigenvalue weighted by molar-refractivity contribution is 5.94. The van der Waals surface area contributed by atoms with E-state index in [0.29, 0.717) is 17.8 Å². The Labute approximate surface area is 164 Å². The molecule has 1 fully saturated rings. The first-order chi connectivity index (χ1) is 13.4. The summed E-state index contributed by atoms with van der Waals surface area (Å²) in [7, 11) is 3.52. The predicted molar refractivity (Wildman–Crippen MR) is 108 cm³/mol. The van der Waals surface area contributed by atoms with Crippen LogP contribution in [0.25, 0.3) is 0 Å². The molecular weight excluding hydrogens is 362 g/mol. The first-order valence-electron chi connectivity index (χ1n) is 9.42. The number of halogens is 2. The van der Waals surface area contributed by atoms with Crippen molar-refractivity contribution in [2.45, 2.75) is 0 Å². The van der Waals surface area contributed by atoms with Gasteiger partial charge >= 0.3 is 0 Å². The van der Waals surface area contributed by atoms with Crippen molar-refractivity contribution in [1.29, 1.82) is 0 Å². The average molecular weight is 388 g/mol. The molecule has 0 unspecified atom stereocenters. The van der Waals surface area contributed by atoms with E-state index in [0.717, 1.165) is 38.4 Å². The fourth-order valence-electron chi connectivity index (χ4n) is 3.32. The van der Waals surface area contributed by atoms with Gasteiger partial charge in [0.1, 0.15) is 11.6 Å². The van der Waals surface area contributed by atoms with E-state index in [4.69, 9.17) is 0 Å². The maximum absolute atomic E-state index is 14.0. The molecule has 5 nitrogen and oxygen atoms in total. The van der Waals surface area contributed by atoms with Crippen molar-refractivity contribution in [1.82, 2.24) is 10.2 Å². The molecule has 0 radical (unpaired) electrons. The minimum Gasteiger partial charge on any atom is -0.375 e. The van der Waals surface area contributed by atoms with E-state index in [1.54, 1.807) is 43.3 Å². The Kier molecular flexibility index (Phi) is 6.46. The molecule has 1 amide bonds. The van der Waals surface area contributed by atoms with Gasteiger partial charge in [-0.2, -0.15) is 0 Å². The van der Waals surface area contributed by atoms with Gasteiger partial charge in [-0.1, -0.05) is 0 Å². The van der Waals surface area contributed by atoms with E-state index in [2.05, 4.69) is 15.1 Å². The largest absolute Gasteiger partial charge is 0.375 e. The molecular formula is C21H26F2N4O. The quantitative estimate of drug-likeness (QED) is 0.826. The van der Waals surface area contributed by atoms with Crippen LogP contribution in [0.4, 0.5) is 20.2 Å². The zero-order valence-corrected chi connectivity index (χ0v) is 16.3. The van der Waals surface area contributed by atoms with Crippen LogP contribution in [-0.2, 0) is 0 Å². The third kappa shape index (κ3) is 4.98. The van der Waals surface area contributed by atoms with Crippen LogP contribution in [0.5, 0.6) is 0 Å². The molecule has 0 aliphatic carbocycles. The number of benzene rings is 2. The van der Waals surface area contributed by atoms with Gasteiger partial charge in [-0.3, -0.25) is 9.69 Å². The summed E-state index contributed by atoms with van der Waals surface area (Å²) in [5.41, 5.74) is 1.80. The van der Waals surface area contributed by atoms with Gasteiger partial charge in [-0.15, -0.1) is 0 Å². The number of amides is 1. The van der Waals surface area contributed by atoms with Crippen LogP contribution in [0.1, 0.15) is 10.4 Å². The second-order valence-corrected chi connectivity index (χ2v) is 7.12. The highest BCUT2D eigenvalue weighted by atomic mass is 19.1. The number of carbonyl (C=O) groups excluding carboxylic acids is 1. The summed E-state index contributed by atoms with van der Waals surface area (Å²) in [4.78, 5) is 18.4. The third-order valence-corrected chi connectivity index (χ3v) is 4.97. The van der Waals surface area contributed by atoms with Crippen molar-refractivity contribution in [3.8, 4) is 0 Å². The summed E-state index contributed by atoms with van der Waals surface area (Å²) in [5.74, 6) is -0.905. The lowest BCUT2D eigenvalue weighted by atomic mass is 10.1. The van der Waals surface area contributed by atoms with Gasteiger partial charge in [0.25, 0.3) is 5.91 Å². The number of hydrogen-bond acceptors (Lipinski definition) is 4. The molecule has 1 aliphatic rings. The van der Waals surface area contributed by atoms with E-state index in [-0.39, 0.29) is 11.7 Å². The topological polar surface area (TPSA) is 38.8 Å². The smallest absolute Gasteiger partial charge is 0.251 e. The fourth-order valence-corrected chi connectivity index (χ4v) is 3.32. The van der Waals surface area contributed by atoms with Crippen LogP contribution in [0.2, 0.25) is 0 Å². The van der Waals surface area contributed by atoms with Gasteiger partial charge in [-0.05, 0) is 42.5 Å². The number of nitrogens with zero attached hydrogens (tertiary/aromatic N) is 3. The van der Waals surface area contributed by atoms with Gasteiger partial charge in [0.15, 0.2) is 0 Å². The van der Waals surface area contributed by atoms with Crippen LogP contribution >= 0.6 is 0 Å². The third-order valence-electron chi connectivity index (χ3n) is 4.97. The molecule has 28 heavy (non-hydrogen) atoms.